The van der Waals surface area contributed by atoms with E-state index in [2.05, 4.69) is 0 Å². The smallest absolute Gasteiger partial charge is 0.231 e. The minimum atomic E-state index is -0.223. The van der Waals surface area contributed by atoms with E-state index < -0.39 is 0 Å². The fraction of sp³-hybridized carbons (Fsp3) is 0.312. The van der Waals surface area contributed by atoms with Gasteiger partial charge >= 0.3 is 0 Å². The topological polar surface area (TPSA) is 59.5 Å². The Morgan fingerprint density at radius 3 is 2.70 bits per heavy atom. The van der Waals surface area contributed by atoms with E-state index in [0.717, 1.165) is 33.9 Å². The number of hydrogen-bond acceptors (Lipinski definition) is 3. The second-order valence-corrected chi connectivity index (χ2v) is 5.36. The van der Waals surface area contributed by atoms with Gasteiger partial charge in [-0.1, -0.05) is 12.1 Å². The third-order valence-corrected chi connectivity index (χ3v) is 3.95. The van der Waals surface area contributed by atoms with Gasteiger partial charge < -0.3 is 15.1 Å². The van der Waals surface area contributed by atoms with Crippen LogP contribution >= 0.6 is 0 Å². The molecule has 0 spiro atoms. The van der Waals surface area contributed by atoms with Crippen LogP contribution in [0.25, 0.3) is 0 Å². The Bertz CT molecular complexity index is 688. The molecule has 1 amide bonds. The van der Waals surface area contributed by atoms with Gasteiger partial charge in [0.1, 0.15) is 11.5 Å². The molecule has 4 heteroatoms. The van der Waals surface area contributed by atoms with Crippen molar-refractivity contribution in [2.45, 2.75) is 26.3 Å². The van der Waals surface area contributed by atoms with Crippen LogP contribution in [-0.2, 0) is 11.2 Å². The highest BCUT2D eigenvalue weighted by molar-refractivity contribution is 6.00. The number of likely N-dealkylation sites (N-methyl/N-ethyl adjacent to an activating group) is 1. The average Bonchev–Trinajstić information content (AvgIpc) is 2.89. The van der Waals surface area contributed by atoms with Crippen LogP contribution in [0.5, 0.6) is 0 Å². The van der Waals surface area contributed by atoms with Crippen LogP contribution in [0.3, 0.4) is 0 Å². The first-order valence-electron chi connectivity index (χ1n) is 6.69. The lowest BCUT2D eigenvalue weighted by Crippen LogP contribution is -2.20. The van der Waals surface area contributed by atoms with Crippen LogP contribution in [0, 0.1) is 13.8 Å². The lowest BCUT2D eigenvalue weighted by Gasteiger charge is -2.14. The van der Waals surface area contributed by atoms with Crippen LogP contribution in [0.1, 0.15) is 34.3 Å². The van der Waals surface area contributed by atoms with E-state index in [0.29, 0.717) is 6.42 Å². The third kappa shape index (κ3) is 1.93. The molecule has 20 heavy (non-hydrogen) atoms. The van der Waals surface area contributed by atoms with Crippen molar-refractivity contribution in [1.29, 1.82) is 0 Å². The summed E-state index contributed by atoms with van der Waals surface area (Å²) in [7, 11) is 1.80. The van der Waals surface area contributed by atoms with Gasteiger partial charge in [-0.3, -0.25) is 4.79 Å². The normalized spacial score (nSPS) is 15.6. The molecular weight excluding hydrogens is 252 g/mol. The van der Waals surface area contributed by atoms with Gasteiger partial charge in [0.25, 0.3) is 0 Å². The molecule has 2 aromatic rings. The summed E-state index contributed by atoms with van der Waals surface area (Å²) in [5.41, 5.74) is 10.4. The predicted octanol–water partition coefficient (Wildman–Crippen LogP) is 2.46. The average molecular weight is 270 g/mol. The van der Waals surface area contributed by atoms with Crippen molar-refractivity contribution in [3.8, 4) is 0 Å². The van der Waals surface area contributed by atoms with Gasteiger partial charge in [0.05, 0.1) is 12.5 Å². The number of nitrogens with two attached hydrogens (primary N) is 1. The van der Waals surface area contributed by atoms with E-state index in [9.17, 15) is 4.79 Å². The summed E-state index contributed by atoms with van der Waals surface area (Å²) >= 11 is 0. The first-order valence-corrected chi connectivity index (χ1v) is 6.69. The summed E-state index contributed by atoms with van der Waals surface area (Å²) in [6, 6.07) is 7.74. The molecule has 104 valence electrons. The van der Waals surface area contributed by atoms with Crippen molar-refractivity contribution in [3.63, 3.8) is 0 Å². The largest absolute Gasteiger partial charge is 0.466 e. The molecule has 1 aromatic carbocycles. The van der Waals surface area contributed by atoms with E-state index in [1.807, 2.05) is 38.1 Å². The molecule has 4 nitrogen and oxygen atoms in total. The minimum Gasteiger partial charge on any atom is -0.466 e. The number of rotatable bonds is 2. The second kappa shape index (κ2) is 4.49. The molecular formula is C16H18N2O2. The third-order valence-electron chi connectivity index (χ3n) is 3.95. The van der Waals surface area contributed by atoms with Gasteiger partial charge in [0.15, 0.2) is 0 Å². The number of amides is 1. The molecule has 0 saturated carbocycles. The Labute approximate surface area is 118 Å². The molecule has 2 heterocycles. The number of aryl methyl sites for hydroxylation is 2. The van der Waals surface area contributed by atoms with Crippen molar-refractivity contribution >= 4 is 11.6 Å². The van der Waals surface area contributed by atoms with Gasteiger partial charge in [-0.25, -0.2) is 0 Å². The van der Waals surface area contributed by atoms with Crippen LogP contribution in [0.15, 0.2) is 28.7 Å². The summed E-state index contributed by atoms with van der Waals surface area (Å²) in [6.07, 6.45) is 0.454. The Morgan fingerprint density at radius 1 is 1.30 bits per heavy atom. The molecule has 0 saturated heterocycles. The zero-order valence-electron chi connectivity index (χ0n) is 11.9. The summed E-state index contributed by atoms with van der Waals surface area (Å²) in [5, 5.41) is 0. The van der Waals surface area contributed by atoms with Crippen LogP contribution < -0.4 is 10.6 Å². The molecule has 2 N–H and O–H groups in total. The van der Waals surface area contributed by atoms with Gasteiger partial charge in [-0.15, -0.1) is 0 Å². The first-order chi connectivity index (χ1) is 9.47. The van der Waals surface area contributed by atoms with Gasteiger partial charge in [-0.05, 0) is 37.1 Å². The van der Waals surface area contributed by atoms with Crippen molar-refractivity contribution in [2.24, 2.45) is 5.73 Å². The van der Waals surface area contributed by atoms with Crippen LogP contribution in [0.4, 0.5) is 5.69 Å². The fourth-order valence-electron chi connectivity index (χ4n) is 2.82. The Kier molecular flexibility index (Phi) is 2.91. The number of carbonyl (C=O) groups is 1. The molecule has 0 aliphatic carbocycles. The lowest BCUT2D eigenvalue weighted by molar-refractivity contribution is -0.117. The maximum atomic E-state index is 11.7. The van der Waals surface area contributed by atoms with E-state index in [1.165, 1.54) is 0 Å². The Hall–Kier alpha value is -2.07. The predicted molar refractivity (Wildman–Crippen MR) is 77.8 cm³/mol. The van der Waals surface area contributed by atoms with Gasteiger partial charge in [-0.2, -0.15) is 0 Å². The highest BCUT2D eigenvalue weighted by Gasteiger charge is 2.25. The van der Waals surface area contributed by atoms with E-state index in [4.69, 9.17) is 10.2 Å². The Morgan fingerprint density at radius 2 is 2.05 bits per heavy atom. The maximum Gasteiger partial charge on any atom is 0.231 e. The quantitative estimate of drug-likeness (QED) is 0.912. The van der Waals surface area contributed by atoms with Gasteiger partial charge in [0, 0.05) is 18.3 Å². The summed E-state index contributed by atoms with van der Waals surface area (Å²) in [6.45, 7) is 3.84. The number of benzene rings is 1. The van der Waals surface area contributed by atoms with Crippen LogP contribution in [-0.4, -0.2) is 13.0 Å². The zero-order chi connectivity index (χ0) is 14.4. The number of anilines is 1. The molecule has 1 aromatic heterocycles. The molecule has 0 bridgehead atoms. The van der Waals surface area contributed by atoms with Gasteiger partial charge in [0.2, 0.25) is 5.91 Å². The monoisotopic (exact) mass is 270 g/mol. The highest BCUT2D eigenvalue weighted by Crippen LogP contribution is 2.32. The van der Waals surface area contributed by atoms with E-state index in [1.54, 1.807) is 11.9 Å². The van der Waals surface area contributed by atoms with Crippen molar-refractivity contribution in [3.05, 3.63) is 52.5 Å². The van der Waals surface area contributed by atoms with Crippen molar-refractivity contribution < 1.29 is 9.21 Å². The molecule has 1 atom stereocenters. The summed E-state index contributed by atoms with van der Waals surface area (Å²) in [4.78, 5) is 13.4. The summed E-state index contributed by atoms with van der Waals surface area (Å²) < 4.78 is 5.54. The molecule has 1 aliphatic heterocycles. The number of furan rings is 1. The maximum absolute atomic E-state index is 11.7. The van der Waals surface area contributed by atoms with Crippen LogP contribution in [0.2, 0.25) is 0 Å². The molecule has 0 fully saturated rings. The SMILES string of the molecule is Cc1cc(C(N)c2ccc3c(c2)CC(=O)N3C)c(C)o1. The van der Waals surface area contributed by atoms with E-state index in [-0.39, 0.29) is 11.9 Å². The standard InChI is InChI=1S/C16H18N2O2/c1-9-6-13(10(2)20-9)16(17)11-4-5-14-12(7-11)8-15(19)18(14)3/h4-7,16H,8,17H2,1-3H3. The fourth-order valence-corrected chi connectivity index (χ4v) is 2.82. The second-order valence-electron chi connectivity index (χ2n) is 5.36. The van der Waals surface area contributed by atoms with E-state index >= 15 is 0 Å². The Balaban J connectivity index is 1.98. The minimum absolute atomic E-state index is 0.126. The first kappa shape index (κ1) is 12.9. The van der Waals surface area contributed by atoms with Crippen molar-refractivity contribution in [2.75, 3.05) is 11.9 Å². The number of fused-ring (bicyclic) bond motifs is 1. The number of hydrogen-bond donors (Lipinski definition) is 1. The number of carbonyl (C=O) groups excluding carboxylic acids is 1. The zero-order valence-corrected chi connectivity index (χ0v) is 11.9. The van der Waals surface area contributed by atoms with Crippen molar-refractivity contribution in [1.82, 2.24) is 0 Å². The molecule has 0 radical (unpaired) electrons. The molecule has 3 rings (SSSR count). The summed E-state index contributed by atoms with van der Waals surface area (Å²) in [5.74, 6) is 1.84. The highest BCUT2D eigenvalue weighted by atomic mass is 16.3. The molecule has 1 unspecified atom stereocenters. The number of nitrogens with zero attached hydrogens (tertiary/aromatic N) is 1. The lowest BCUT2D eigenvalue weighted by atomic mass is 9.97. The molecule has 1 aliphatic rings.